The van der Waals surface area contributed by atoms with Crippen LogP contribution in [0, 0.1) is 0 Å². The molecular formula is C15H23ClN2O2. The standard InChI is InChI=1S/C15H23ClN2O2/c1-4-18(5-2)15(20)11-17(3)10-14(19)12-8-6-7-9-13(12)16/h6-9,14,19H,4-5,10-11H2,1-3H3. The number of aliphatic hydroxyl groups is 1. The highest BCUT2D eigenvalue weighted by Gasteiger charge is 2.17. The van der Waals surface area contributed by atoms with Crippen LogP contribution in [0.3, 0.4) is 0 Å². The molecule has 1 atom stereocenters. The first-order chi connectivity index (χ1) is 9.49. The number of amides is 1. The number of halogens is 1. The van der Waals surface area contributed by atoms with Gasteiger partial charge >= 0.3 is 0 Å². The van der Waals surface area contributed by atoms with E-state index < -0.39 is 6.10 Å². The zero-order valence-electron chi connectivity index (χ0n) is 12.3. The van der Waals surface area contributed by atoms with Crippen molar-refractivity contribution in [2.24, 2.45) is 0 Å². The van der Waals surface area contributed by atoms with Crippen LogP contribution < -0.4 is 0 Å². The number of carbonyl (C=O) groups excluding carboxylic acids is 1. The predicted octanol–water partition coefficient (Wildman–Crippen LogP) is 2.17. The number of benzene rings is 1. The zero-order valence-corrected chi connectivity index (χ0v) is 13.1. The SMILES string of the molecule is CCN(CC)C(=O)CN(C)CC(O)c1ccccc1Cl. The van der Waals surface area contributed by atoms with Crippen molar-refractivity contribution in [3.63, 3.8) is 0 Å². The van der Waals surface area contributed by atoms with E-state index in [-0.39, 0.29) is 5.91 Å². The van der Waals surface area contributed by atoms with Crippen LogP contribution in [-0.2, 0) is 4.79 Å². The summed E-state index contributed by atoms with van der Waals surface area (Å²) in [6.07, 6.45) is -0.696. The molecule has 0 radical (unpaired) electrons. The molecule has 4 nitrogen and oxygen atoms in total. The Hall–Kier alpha value is -1.10. The Balaban J connectivity index is 2.56. The summed E-state index contributed by atoms with van der Waals surface area (Å²) < 4.78 is 0. The van der Waals surface area contributed by atoms with Crippen LogP contribution in [0.15, 0.2) is 24.3 Å². The Morgan fingerprint density at radius 3 is 2.45 bits per heavy atom. The Morgan fingerprint density at radius 2 is 1.90 bits per heavy atom. The van der Waals surface area contributed by atoms with Crippen LogP contribution >= 0.6 is 11.6 Å². The molecule has 0 spiro atoms. The van der Waals surface area contributed by atoms with Gasteiger partial charge in [0.05, 0.1) is 12.6 Å². The van der Waals surface area contributed by atoms with Crippen LogP contribution in [0.1, 0.15) is 25.5 Å². The largest absolute Gasteiger partial charge is 0.387 e. The fourth-order valence-electron chi connectivity index (χ4n) is 2.11. The van der Waals surface area contributed by atoms with Crippen LogP contribution in [-0.4, -0.2) is 54.0 Å². The molecule has 0 aliphatic heterocycles. The van der Waals surface area contributed by atoms with Crippen LogP contribution in [0.25, 0.3) is 0 Å². The Morgan fingerprint density at radius 1 is 1.30 bits per heavy atom. The monoisotopic (exact) mass is 298 g/mol. The maximum atomic E-state index is 12.0. The summed E-state index contributed by atoms with van der Waals surface area (Å²) in [6, 6.07) is 7.21. The van der Waals surface area contributed by atoms with Gasteiger partial charge in [-0.1, -0.05) is 29.8 Å². The topological polar surface area (TPSA) is 43.8 Å². The Kier molecular flexibility index (Phi) is 6.99. The molecule has 0 heterocycles. The second-order valence-corrected chi connectivity index (χ2v) is 5.21. The molecule has 5 heteroatoms. The molecule has 0 bridgehead atoms. The molecule has 1 N–H and O–H groups in total. The van der Waals surface area contributed by atoms with Crippen molar-refractivity contribution in [3.05, 3.63) is 34.9 Å². The maximum Gasteiger partial charge on any atom is 0.236 e. The van der Waals surface area contributed by atoms with Crippen LogP contribution in [0.5, 0.6) is 0 Å². The molecule has 0 saturated heterocycles. The van der Waals surface area contributed by atoms with E-state index in [4.69, 9.17) is 11.6 Å². The van der Waals surface area contributed by atoms with E-state index in [9.17, 15) is 9.90 Å². The van der Waals surface area contributed by atoms with Gasteiger partial charge in [0.2, 0.25) is 5.91 Å². The number of hydrogen-bond acceptors (Lipinski definition) is 3. The third-order valence-electron chi connectivity index (χ3n) is 3.27. The molecule has 0 aromatic heterocycles. The minimum Gasteiger partial charge on any atom is -0.387 e. The summed E-state index contributed by atoms with van der Waals surface area (Å²) in [4.78, 5) is 15.6. The van der Waals surface area contributed by atoms with Crippen molar-refractivity contribution in [2.75, 3.05) is 33.2 Å². The molecule has 112 valence electrons. The maximum absolute atomic E-state index is 12.0. The van der Waals surface area contributed by atoms with E-state index in [1.807, 2.05) is 37.9 Å². The molecule has 20 heavy (non-hydrogen) atoms. The summed E-state index contributed by atoms with van der Waals surface area (Å²) in [5.74, 6) is 0.0730. The predicted molar refractivity (Wildman–Crippen MR) is 81.8 cm³/mol. The number of carbonyl (C=O) groups is 1. The van der Waals surface area contributed by atoms with Crippen molar-refractivity contribution in [1.82, 2.24) is 9.80 Å². The number of likely N-dealkylation sites (N-methyl/N-ethyl adjacent to an activating group) is 2. The van der Waals surface area contributed by atoms with Gasteiger partial charge in [0.15, 0.2) is 0 Å². The normalized spacial score (nSPS) is 12.5. The molecule has 1 amide bonds. The van der Waals surface area contributed by atoms with Crippen molar-refractivity contribution in [3.8, 4) is 0 Å². The molecule has 1 aromatic rings. The Labute approximate surface area is 125 Å². The highest BCUT2D eigenvalue weighted by molar-refractivity contribution is 6.31. The highest BCUT2D eigenvalue weighted by atomic mass is 35.5. The van der Waals surface area contributed by atoms with Gasteiger partial charge in [-0.05, 0) is 27.0 Å². The van der Waals surface area contributed by atoms with Gasteiger partial charge in [0.25, 0.3) is 0 Å². The van der Waals surface area contributed by atoms with Gasteiger partial charge in [-0.3, -0.25) is 9.69 Å². The molecule has 0 saturated carbocycles. The average Bonchev–Trinajstić information content (AvgIpc) is 2.40. The van der Waals surface area contributed by atoms with Crippen molar-refractivity contribution in [1.29, 1.82) is 0 Å². The minimum atomic E-state index is -0.696. The van der Waals surface area contributed by atoms with E-state index in [0.29, 0.717) is 36.8 Å². The number of aliphatic hydroxyl groups excluding tert-OH is 1. The molecule has 0 fully saturated rings. The fourth-order valence-corrected chi connectivity index (χ4v) is 2.37. The highest BCUT2D eigenvalue weighted by Crippen LogP contribution is 2.22. The third kappa shape index (κ3) is 4.78. The van der Waals surface area contributed by atoms with Gasteiger partial charge in [-0.2, -0.15) is 0 Å². The van der Waals surface area contributed by atoms with Crippen molar-refractivity contribution >= 4 is 17.5 Å². The summed E-state index contributed by atoms with van der Waals surface area (Å²) in [7, 11) is 1.82. The van der Waals surface area contributed by atoms with Gasteiger partial charge < -0.3 is 10.0 Å². The Bertz CT molecular complexity index is 436. The first-order valence-electron chi connectivity index (χ1n) is 6.88. The molecule has 0 aliphatic carbocycles. The molecule has 1 unspecified atom stereocenters. The second kappa shape index (κ2) is 8.25. The van der Waals surface area contributed by atoms with E-state index in [2.05, 4.69) is 0 Å². The number of hydrogen-bond donors (Lipinski definition) is 1. The van der Waals surface area contributed by atoms with Gasteiger partial charge in [0, 0.05) is 30.2 Å². The summed E-state index contributed by atoms with van der Waals surface area (Å²) in [5.41, 5.74) is 0.691. The lowest BCUT2D eigenvalue weighted by molar-refractivity contribution is -0.132. The van der Waals surface area contributed by atoms with E-state index in [1.165, 1.54) is 0 Å². The van der Waals surface area contributed by atoms with Gasteiger partial charge in [-0.15, -0.1) is 0 Å². The van der Waals surface area contributed by atoms with Crippen LogP contribution in [0.4, 0.5) is 0 Å². The van der Waals surface area contributed by atoms with Crippen molar-refractivity contribution in [2.45, 2.75) is 20.0 Å². The fraction of sp³-hybridized carbons (Fsp3) is 0.533. The third-order valence-corrected chi connectivity index (χ3v) is 3.61. The number of nitrogens with zero attached hydrogens (tertiary/aromatic N) is 2. The quantitative estimate of drug-likeness (QED) is 0.839. The lowest BCUT2D eigenvalue weighted by Crippen LogP contribution is -2.40. The van der Waals surface area contributed by atoms with E-state index in [1.54, 1.807) is 17.0 Å². The van der Waals surface area contributed by atoms with Crippen molar-refractivity contribution < 1.29 is 9.90 Å². The van der Waals surface area contributed by atoms with Crippen LogP contribution in [0.2, 0.25) is 5.02 Å². The second-order valence-electron chi connectivity index (χ2n) is 4.80. The molecular weight excluding hydrogens is 276 g/mol. The minimum absolute atomic E-state index is 0.0730. The zero-order chi connectivity index (χ0) is 15.1. The molecule has 0 aliphatic rings. The van der Waals surface area contributed by atoms with E-state index in [0.717, 1.165) is 0 Å². The molecule has 1 aromatic carbocycles. The average molecular weight is 299 g/mol. The molecule has 1 rings (SSSR count). The summed E-state index contributed by atoms with van der Waals surface area (Å²) in [5, 5.41) is 10.7. The number of rotatable bonds is 7. The van der Waals surface area contributed by atoms with E-state index >= 15 is 0 Å². The lowest BCUT2D eigenvalue weighted by atomic mass is 10.1. The van der Waals surface area contributed by atoms with Gasteiger partial charge in [-0.25, -0.2) is 0 Å². The smallest absolute Gasteiger partial charge is 0.236 e. The summed E-state index contributed by atoms with van der Waals surface area (Å²) >= 11 is 6.05. The lowest BCUT2D eigenvalue weighted by Gasteiger charge is -2.25. The first kappa shape index (κ1) is 17.0. The summed E-state index contributed by atoms with van der Waals surface area (Å²) in [6.45, 7) is 5.99. The first-order valence-corrected chi connectivity index (χ1v) is 7.26. The van der Waals surface area contributed by atoms with Gasteiger partial charge in [0.1, 0.15) is 0 Å².